The molecule has 2 rings (SSSR count). The Morgan fingerprint density at radius 2 is 1.92 bits per heavy atom. The summed E-state index contributed by atoms with van der Waals surface area (Å²) >= 11 is 4.66. The van der Waals surface area contributed by atoms with Crippen molar-refractivity contribution in [2.45, 2.75) is 61.4 Å². The Labute approximate surface area is 160 Å². The third-order valence-corrected chi connectivity index (χ3v) is 7.12. The molecule has 5 nitrogen and oxygen atoms in total. The molecule has 2 heterocycles. The maximum atomic E-state index is 12.8. The maximum Gasteiger partial charge on any atom is 0.192 e. The van der Waals surface area contributed by atoms with Gasteiger partial charge in [0.1, 0.15) is 0 Å². The van der Waals surface area contributed by atoms with Gasteiger partial charge in [0.15, 0.2) is 20.2 Å². The largest absolute Gasteiger partial charge is 0.355 e. The van der Waals surface area contributed by atoms with Crippen LogP contribution in [-0.2, 0) is 0 Å². The number of carbonyl (C=O) groups is 2. The molecule has 2 aromatic heterocycles. The quantitative estimate of drug-likeness (QED) is 0.367. The summed E-state index contributed by atoms with van der Waals surface area (Å²) in [4.78, 5) is 27.6. The minimum absolute atomic E-state index is 0.0199. The first-order valence-electron chi connectivity index (χ1n) is 8.22. The number of aromatic nitrogens is 3. The molecule has 0 radical (unpaired) electrons. The van der Waals surface area contributed by atoms with Crippen LogP contribution in [-0.4, -0.2) is 37.8 Å². The molecular formula is C17H23N3O2S3. The Bertz CT molecular complexity index is 767. The van der Waals surface area contributed by atoms with Crippen molar-refractivity contribution >= 4 is 46.4 Å². The van der Waals surface area contributed by atoms with Crippen LogP contribution in [0.3, 0.4) is 0 Å². The molecular weight excluding hydrogens is 374 g/mol. The zero-order valence-corrected chi connectivity index (χ0v) is 17.6. The van der Waals surface area contributed by atoms with E-state index < -0.39 is 0 Å². The van der Waals surface area contributed by atoms with Gasteiger partial charge < -0.3 is 4.98 Å². The molecule has 0 saturated heterocycles. The third-order valence-electron chi connectivity index (χ3n) is 3.79. The first kappa shape index (κ1) is 20.2. The van der Waals surface area contributed by atoms with Crippen LogP contribution in [0.5, 0.6) is 0 Å². The molecule has 0 spiro atoms. The van der Waals surface area contributed by atoms with Crippen molar-refractivity contribution in [1.82, 2.24) is 15.2 Å². The number of unbranched alkanes of at least 4 members (excludes halogenated alkanes) is 1. The van der Waals surface area contributed by atoms with E-state index in [9.17, 15) is 9.59 Å². The Kier molecular flexibility index (Phi) is 7.27. The lowest BCUT2D eigenvalue weighted by Gasteiger charge is -2.07. The van der Waals surface area contributed by atoms with Crippen LogP contribution in [0.25, 0.3) is 0 Å². The van der Waals surface area contributed by atoms with E-state index in [0.29, 0.717) is 11.3 Å². The standard InChI is InChI=1S/C17H23N3O2S3/c1-6-7-8-23-16-19-20-17(25-16)24-12(5)15(22)14-9(2)13(11(4)21)10(3)18-14/h12,18H,6-8H2,1-5H3. The second-order valence-corrected chi connectivity index (χ2v) is 9.75. The molecule has 0 aliphatic rings. The lowest BCUT2D eigenvalue weighted by molar-refractivity contribution is 0.0988. The van der Waals surface area contributed by atoms with Crippen LogP contribution in [0, 0.1) is 13.8 Å². The molecule has 1 atom stereocenters. The lowest BCUT2D eigenvalue weighted by Crippen LogP contribution is -2.15. The monoisotopic (exact) mass is 397 g/mol. The highest BCUT2D eigenvalue weighted by atomic mass is 32.2. The van der Waals surface area contributed by atoms with Crippen LogP contribution >= 0.6 is 34.9 Å². The second kappa shape index (κ2) is 9.00. The normalized spacial score (nSPS) is 12.4. The molecule has 1 N–H and O–H groups in total. The van der Waals surface area contributed by atoms with Crippen LogP contribution < -0.4 is 0 Å². The number of aryl methyl sites for hydroxylation is 1. The zero-order chi connectivity index (χ0) is 18.6. The van der Waals surface area contributed by atoms with E-state index in [-0.39, 0.29) is 16.8 Å². The highest BCUT2D eigenvalue weighted by Crippen LogP contribution is 2.33. The molecule has 0 amide bonds. The van der Waals surface area contributed by atoms with E-state index in [1.807, 2.05) is 20.8 Å². The van der Waals surface area contributed by atoms with E-state index in [1.54, 1.807) is 11.8 Å². The first-order chi connectivity index (χ1) is 11.8. The smallest absolute Gasteiger partial charge is 0.192 e. The average Bonchev–Trinajstić information content (AvgIpc) is 3.10. The summed E-state index contributed by atoms with van der Waals surface area (Å²) in [6.07, 6.45) is 2.32. The van der Waals surface area contributed by atoms with Crippen molar-refractivity contribution in [3.63, 3.8) is 0 Å². The molecule has 1 unspecified atom stereocenters. The van der Waals surface area contributed by atoms with Gasteiger partial charge in [0.05, 0.1) is 10.9 Å². The van der Waals surface area contributed by atoms with Crippen LogP contribution in [0.2, 0.25) is 0 Å². The molecule has 8 heteroatoms. The highest BCUT2D eigenvalue weighted by molar-refractivity contribution is 8.03. The summed E-state index contributed by atoms with van der Waals surface area (Å²) in [5.74, 6) is 0.996. The number of carbonyl (C=O) groups excluding carboxylic acids is 2. The highest BCUT2D eigenvalue weighted by Gasteiger charge is 2.25. The van der Waals surface area contributed by atoms with Gasteiger partial charge in [0, 0.05) is 17.0 Å². The summed E-state index contributed by atoms with van der Waals surface area (Å²) in [5, 5.41) is 8.06. The maximum absolute atomic E-state index is 12.8. The average molecular weight is 398 g/mol. The Morgan fingerprint density at radius 3 is 2.52 bits per heavy atom. The Hall–Kier alpha value is -1.12. The number of thioether (sulfide) groups is 2. The zero-order valence-electron chi connectivity index (χ0n) is 15.1. The van der Waals surface area contributed by atoms with Crippen LogP contribution in [0.15, 0.2) is 8.68 Å². The van der Waals surface area contributed by atoms with Crippen molar-refractivity contribution < 1.29 is 9.59 Å². The number of nitrogens with zero attached hydrogens (tertiary/aromatic N) is 2. The molecule has 0 aromatic carbocycles. The van der Waals surface area contributed by atoms with E-state index in [1.165, 1.54) is 30.0 Å². The first-order valence-corrected chi connectivity index (χ1v) is 10.9. The summed E-state index contributed by atoms with van der Waals surface area (Å²) in [7, 11) is 0. The number of H-pyrrole nitrogens is 1. The molecule has 25 heavy (non-hydrogen) atoms. The predicted molar refractivity (Wildman–Crippen MR) is 105 cm³/mol. The van der Waals surface area contributed by atoms with Crippen molar-refractivity contribution in [3.05, 3.63) is 22.5 Å². The fourth-order valence-electron chi connectivity index (χ4n) is 2.54. The van der Waals surface area contributed by atoms with Crippen molar-refractivity contribution in [1.29, 1.82) is 0 Å². The topological polar surface area (TPSA) is 75.7 Å². The number of aromatic amines is 1. The minimum atomic E-state index is -0.294. The fraction of sp³-hybridized carbons (Fsp3) is 0.529. The van der Waals surface area contributed by atoms with Crippen LogP contribution in [0.4, 0.5) is 0 Å². The second-order valence-electron chi connectivity index (χ2n) is 5.84. The van der Waals surface area contributed by atoms with E-state index in [2.05, 4.69) is 22.1 Å². The van der Waals surface area contributed by atoms with E-state index in [4.69, 9.17) is 0 Å². The van der Waals surface area contributed by atoms with Gasteiger partial charge in [0.25, 0.3) is 0 Å². The molecule has 0 aliphatic carbocycles. The number of Topliss-reactive ketones (excluding diaryl/α,β-unsaturated/α-hetero) is 2. The number of hydrogen-bond acceptors (Lipinski definition) is 7. The van der Waals surface area contributed by atoms with Gasteiger partial charge >= 0.3 is 0 Å². The molecule has 0 saturated carbocycles. The summed E-state index contributed by atoms with van der Waals surface area (Å²) in [5.41, 5.74) is 2.61. The van der Waals surface area contributed by atoms with Crippen LogP contribution in [0.1, 0.15) is 65.7 Å². The van der Waals surface area contributed by atoms with Crippen molar-refractivity contribution in [2.24, 2.45) is 0 Å². The molecule has 0 bridgehead atoms. The SMILES string of the molecule is CCCCSc1nnc(SC(C)C(=O)c2[nH]c(C)c(C(C)=O)c2C)s1. The van der Waals surface area contributed by atoms with Crippen molar-refractivity contribution in [3.8, 4) is 0 Å². The van der Waals surface area contributed by atoms with Gasteiger partial charge in [-0.25, -0.2) is 0 Å². The van der Waals surface area contributed by atoms with Gasteiger partial charge in [-0.3, -0.25) is 9.59 Å². The summed E-state index contributed by atoms with van der Waals surface area (Å²) in [6.45, 7) is 9.19. The van der Waals surface area contributed by atoms with Gasteiger partial charge in [-0.15, -0.1) is 10.2 Å². The minimum Gasteiger partial charge on any atom is -0.355 e. The summed E-state index contributed by atoms with van der Waals surface area (Å²) in [6, 6.07) is 0. The van der Waals surface area contributed by atoms with Gasteiger partial charge in [0.2, 0.25) is 0 Å². The number of hydrogen-bond donors (Lipinski definition) is 1. The van der Waals surface area contributed by atoms with E-state index in [0.717, 1.165) is 38.5 Å². The molecule has 0 fully saturated rings. The predicted octanol–water partition coefficient (Wildman–Crippen LogP) is 4.94. The lowest BCUT2D eigenvalue weighted by atomic mass is 10.0. The van der Waals surface area contributed by atoms with Crippen molar-refractivity contribution in [2.75, 3.05) is 5.75 Å². The van der Waals surface area contributed by atoms with Gasteiger partial charge in [-0.05, 0) is 39.7 Å². The third kappa shape index (κ3) is 4.95. The number of nitrogens with one attached hydrogen (secondary N) is 1. The van der Waals surface area contributed by atoms with Gasteiger partial charge in [-0.2, -0.15) is 0 Å². The van der Waals surface area contributed by atoms with Gasteiger partial charge in [-0.1, -0.05) is 48.2 Å². The fourth-order valence-corrected chi connectivity index (χ4v) is 5.92. The molecule has 136 valence electrons. The Balaban J connectivity index is 2.06. The number of rotatable bonds is 9. The Morgan fingerprint density at radius 1 is 1.24 bits per heavy atom. The molecule has 2 aromatic rings. The number of ketones is 2. The summed E-state index contributed by atoms with van der Waals surface area (Å²) < 4.78 is 1.74. The van der Waals surface area contributed by atoms with E-state index >= 15 is 0 Å². The molecule has 0 aliphatic heterocycles.